The van der Waals surface area contributed by atoms with E-state index in [-0.39, 0.29) is 0 Å². The molecule has 0 saturated carbocycles. The minimum atomic E-state index is -2.33. The smallest absolute Gasteiger partial charge is 0.395 e. The summed E-state index contributed by atoms with van der Waals surface area (Å²) in [4.78, 5) is 2.53. The van der Waals surface area contributed by atoms with E-state index >= 15 is 0 Å². The van der Waals surface area contributed by atoms with Crippen LogP contribution in [0.3, 0.4) is 0 Å². The molecule has 0 bridgehead atoms. The maximum Gasteiger partial charge on any atom is 0.424 e. The molecule has 0 fully saturated rings. The first kappa shape index (κ1) is 35.4. The second-order valence-corrected chi connectivity index (χ2v) is 19.0. The normalized spacial score (nSPS) is 14.1. The van der Waals surface area contributed by atoms with Crippen molar-refractivity contribution in [2.24, 2.45) is 0 Å². The van der Waals surface area contributed by atoms with Crippen LogP contribution >= 0.6 is 0 Å². The molecule has 0 saturated heterocycles. The molecule has 35 heavy (non-hydrogen) atoms. The van der Waals surface area contributed by atoms with Crippen LogP contribution < -0.4 is 0 Å². The third kappa shape index (κ3) is 14.2. The van der Waals surface area contributed by atoms with Crippen LogP contribution in [0.25, 0.3) is 0 Å². The van der Waals surface area contributed by atoms with Gasteiger partial charge in [-0.05, 0) is 91.1 Å². The molecular formula is C26H62N2O4Si3. The molecule has 6 nitrogen and oxygen atoms in total. The molecule has 0 aliphatic rings. The summed E-state index contributed by atoms with van der Waals surface area (Å²) in [6.07, 6.45) is 10.2. The van der Waals surface area contributed by atoms with Gasteiger partial charge in [-0.1, -0.05) is 52.9 Å². The Morgan fingerprint density at radius 3 is 1.66 bits per heavy atom. The standard InChI is InChI=1S/C26H62N2O4Si3/c1-10-23-28(35(9,31-15-6)32-16-7)25-33-26(34(8,29-13-4)30-14-5)22-20-18-17-19-21-24-27(11-2)12-3/h26H,10-25,33H2,1-9H3. The third-order valence-electron chi connectivity index (χ3n) is 7.16. The van der Waals surface area contributed by atoms with Gasteiger partial charge in [-0.2, -0.15) is 0 Å². The lowest BCUT2D eigenvalue weighted by Crippen LogP contribution is -2.59. The van der Waals surface area contributed by atoms with Gasteiger partial charge in [0.25, 0.3) is 0 Å². The summed E-state index contributed by atoms with van der Waals surface area (Å²) >= 11 is 0. The highest BCUT2D eigenvalue weighted by molar-refractivity contribution is 6.78. The highest BCUT2D eigenvalue weighted by Crippen LogP contribution is 2.30. The topological polar surface area (TPSA) is 43.4 Å². The van der Waals surface area contributed by atoms with Crippen LogP contribution in [0.5, 0.6) is 0 Å². The zero-order valence-electron chi connectivity index (χ0n) is 25.1. The van der Waals surface area contributed by atoms with Crippen molar-refractivity contribution in [1.82, 2.24) is 9.47 Å². The Balaban J connectivity index is 5.14. The lowest BCUT2D eigenvalue weighted by Gasteiger charge is -2.39. The highest BCUT2D eigenvalue weighted by atomic mass is 28.4. The van der Waals surface area contributed by atoms with Crippen LogP contribution in [0.4, 0.5) is 0 Å². The van der Waals surface area contributed by atoms with E-state index in [4.69, 9.17) is 17.7 Å². The quantitative estimate of drug-likeness (QED) is 0.109. The lowest BCUT2D eigenvalue weighted by atomic mass is 10.1. The van der Waals surface area contributed by atoms with E-state index in [1.54, 1.807) is 0 Å². The van der Waals surface area contributed by atoms with Crippen LogP contribution in [-0.2, 0) is 17.7 Å². The molecular weight excluding hydrogens is 489 g/mol. The average molecular weight is 551 g/mol. The van der Waals surface area contributed by atoms with E-state index in [1.807, 2.05) is 0 Å². The van der Waals surface area contributed by atoms with Crippen molar-refractivity contribution in [3.63, 3.8) is 0 Å². The average Bonchev–Trinajstić information content (AvgIpc) is 2.82. The molecule has 0 aromatic rings. The molecule has 0 aliphatic heterocycles. The maximum absolute atomic E-state index is 6.43. The van der Waals surface area contributed by atoms with Crippen LogP contribution in [0.2, 0.25) is 18.3 Å². The monoisotopic (exact) mass is 550 g/mol. The molecule has 0 aromatic carbocycles. The van der Waals surface area contributed by atoms with Crippen molar-refractivity contribution in [2.75, 3.05) is 58.8 Å². The zero-order chi connectivity index (χ0) is 26.6. The summed E-state index contributed by atoms with van der Waals surface area (Å²) in [6, 6.07) is 0. The van der Waals surface area contributed by atoms with Gasteiger partial charge in [0, 0.05) is 35.9 Å². The molecule has 0 aliphatic carbocycles. The predicted molar refractivity (Wildman–Crippen MR) is 159 cm³/mol. The van der Waals surface area contributed by atoms with Gasteiger partial charge in [0.1, 0.15) is 0 Å². The van der Waals surface area contributed by atoms with Crippen LogP contribution in [0, 0.1) is 0 Å². The fraction of sp³-hybridized carbons (Fsp3) is 1.00. The van der Waals surface area contributed by atoms with Gasteiger partial charge in [-0.25, -0.2) is 0 Å². The van der Waals surface area contributed by atoms with E-state index in [2.05, 4.69) is 71.0 Å². The molecule has 0 spiro atoms. The number of nitrogens with zero attached hydrogens (tertiary/aromatic N) is 2. The number of rotatable bonds is 25. The first-order chi connectivity index (χ1) is 16.8. The Morgan fingerprint density at radius 1 is 0.657 bits per heavy atom. The van der Waals surface area contributed by atoms with Gasteiger partial charge in [0.15, 0.2) is 0 Å². The minimum absolute atomic E-state index is 0.456. The Bertz CT molecular complexity index is 476. The van der Waals surface area contributed by atoms with Crippen molar-refractivity contribution >= 4 is 26.8 Å². The van der Waals surface area contributed by atoms with Crippen LogP contribution in [-0.4, -0.2) is 95.0 Å². The molecule has 0 amide bonds. The predicted octanol–water partition coefficient (Wildman–Crippen LogP) is 5.62. The van der Waals surface area contributed by atoms with E-state index < -0.39 is 26.8 Å². The number of unbranched alkanes of at least 4 members (excludes halogenated alkanes) is 4. The van der Waals surface area contributed by atoms with Gasteiger partial charge in [0.05, 0.1) is 0 Å². The molecule has 1 atom stereocenters. The van der Waals surface area contributed by atoms with Crippen molar-refractivity contribution < 1.29 is 17.7 Å². The van der Waals surface area contributed by atoms with Crippen LogP contribution in [0.15, 0.2) is 0 Å². The SMILES string of the molecule is CCCN(C[SiH2]C(CCCCCCCN(CC)CC)[Si](C)(OCC)OCC)[Si](C)(OCC)OCC. The van der Waals surface area contributed by atoms with Crippen molar-refractivity contribution in [1.29, 1.82) is 0 Å². The van der Waals surface area contributed by atoms with Crippen molar-refractivity contribution in [2.45, 2.75) is 112 Å². The molecule has 1 unspecified atom stereocenters. The highest BCUT2D eigenvalue weighted by Gasteiger charge is 2.43. The summed E-state index contributed by atoms with van der Waals surface area (Å²) in [6.45, 7) is 27.3. The van der Waals surface area contributed by atoms with Crippen molar-refractivity contribution in [3.05, 3.63) is 0 Å². The first-order valence-electron chi connectivity index (χ1n) is 14.8. The maximum atomic E-state index is 6.43. The van der Waals surface area contributed by atoms with Crippen molar-refractivity contribution in [3.8, 4) is 0 Å². The fourth-order valence-electron chi connectivity index (χ4n) is 5.18. The molecule has 9 heteroatoms. The largest absolute Gasteiger partial charge is 0.424 e. The summed E-state index contributed by atoms with van der Waals surface area (Å²) in [5.41, 5.74) is 0. The van der Waals surface area contributed by atoms with Gasteiger partial charge in [0.2, 0.25) is 0 Å². The second-order valence-electron chi connectivity index (χ2n) is 9.70. The van der Waals surface area contributed by atoms with Crippen LogP contribution in [0.1, 0.15) is 93.4 Å². The third-order valence-corrected chi connectivity index (χ3v) is 19.3. The van der Waals surface area contributed by atoms with Gasteiger partial charge in [-0.15, -0.1) is 0 Å². The summed E-state index contributed by atoms with van der Waals surface area (Å²) in [7, 11) is -4.99. The van der Waals surface area contributed by atoms with E-state index in [0.717, 1.165) is 32.3 Å². The van der Waals surface area contributed by atoms with Gasteiger partial charge in [-0.3, -0.25) is 4.57 Å². The first-order valence-corrected chi connectivity index (χ1v) is 21.3. The fourth-order valence-corrected chi connectivity index (χ4v) is 16.4. The molecule has 0 rings (SSSR count). The Labute approximate surface area is 224 Å². The summed E-state index contributed by atoms with van der Waals surface area (Å²) in [5.74, 6) is 0. The Morgan fingerprint density at radius 2 is 1.17 bits per heavy atom. The minimum Gasteiger partial charge on any atom is -0.395 e. The van der Waals surface area contributed by atoms with Gasteiger partial charge < -0.3 is 22.6 Å². The Hall–Kier alpha value is 0.411. The summed E-state index contributed by atoms with van der Waals surface area (Å²) in [5, 5.41) is 0.624. The van der Waals surface area contributed by atoms with E-state index in [0.29, 0.717) is 18.4 Å². The lowest BCUT2D eigenvalue weighted by molar-refractivity contribution is 0.133. The zero-order valence-corrected chi connectivity index (χ0v) is 28.5. The molecule has 0 radical (unpaired) electrons. The van der Waals surface area contributed by atoms with Gasteiger partial charge >= 0.3 is 17.3 Å². The molecule has 0 heterocycles. The Kier molecular flexibility index (Phi) is 21.6. The summed E-state index contributed by atoms with van der Waals surface area (Å²) < 4.78 is 28.0. The van der Waals surface area contributed by atoms with E-state index in [1.165, 1.54) is 58.2 Å². The number of hydrogen-bond donors (Lipinski definition) is 0. The van der Waals surface area contributed by atoms with E-state index in [9.17, 15) is 0 Å². The number of hydrogen-bond acceptors (Lipinski definition) is 6. The molecule has 0 N–H and O–H groups in total. The second kappa shape index (κ2) is 21.4. The molecule has 0 aromatic heterocycles. The molecule has 212 valence electrons.